The number of nitrogens with one attached hydrogen (secondary N) is 1. The number of rotatable bonds is 7. The van der Waals surface area contributed by atoms with Crippen molar-refractivity contribution in [1.29, 1.82) is 5.26 Å². The van der Waals surface area contributed by atoms with Gasteiger partial charge in [0.2, 0.25) is 0 Å². The smallest absolute Gasteiger partial charge is 0.119 e. The Bertz CT molecular complexity index is 531. The lowest BCUT2D eigenvalue weighted by atomic mass is 10.3. The van der Waals surface area contributed by atoms with E-state index >= 15 is 0 Å². The van der Waals surface area contributed by atoms with E-state index in [9.17, 15) is 0 Å². The Morgan fingerprint density at radius 2 is 2.00 bits per heavy atom. The van der Waals surface area contributed by atoms with Gasteiger partial charge >= 0.3 is 0 Å². The number of para-hydroxylation sites is 1. The highest BCUT2D eigenvalue weighted by atomic mass is 32.1. The van der Waals surface area contributed by atoms with Crippen LogP contribution >= 0.6 is 11.3 Å². The van der Waals surface area contributed by atoms with Crippen LogP contribution in [0.2, 0.25) is 0 Å². The van der Waals surface area contributed by atoms with Crippen molar-refractivity contribution in [2.45, 2.75) is 13.0 Å². The van der Waals surface area contributed by atoms with Crippen LogP contribution in [0.5, 0.6) is 5.75 Å². The van der Waals surface area contributed by atoms with Crippen molar-refractivity contribution in [3.63, 3.8) is 0 Å². The van der Waals surface area contributed by atoms with Gasteiger partial charge in [0.15, 0.2) is 0 Å². The summed E-state index contributed by atoms with van der Waals surface area (Å²) in [6.07, 6.45) is 0.964. The third kappa shape index (κ3) is 4.74. The van der Waals surface area contributed by atoms with E-state index in [1.807, 2.05) is 42.5 Å². The second-order valence-corrected chi connectivity index (χ2v) is 5.24. The maximum absolute atomic E-state index is 8.72. The van der Waals surface area contributed by atoms with E-state index in [2.05, 4.69) is 11.4 Å². The summed E-state index contributed by atoms with van der Waals surface area (Å²) in [4.78, 5) is 1.96. The van der Waals surface area contributed by atoms with Crippen LogP contribution in [-0.2, 0) is 6.54 Å². The largest absolute Gasteiger partial charge is 0.494 e. The molecule has 0 saturated heterocycles. The number of nitriles is 1. The maximum Gasteiger partial charge on any atom is 0.119 e. The van der Waals surface area contributed by atoms with Gasteiger partial charge in [0, 0.05) is 11.4 Å². The Morgan fingerprint density at radius 1 is 1.16 bits per heavy atom. The van der Waals surface area contributed by atoms with Crippen LogP contribution < -0.4 is 10.1 Å². The Hall–Kier alpha value is -1.83. The van der Waals surface area contributed by atoms with Crippen molar-refractivity contribution < 1.29 is 4.74 Å². The minimum atomic E-state index is 0.713. The first-order chi connectivity index (χ1) is 9.38. The van der Waals surface area contributed by atoms with Gasteiger partial charge in [0.05, 0.1) is 6.61 Å². The van der Waals surface area contributed by atoms with Crippen molar-refractivity contribution in [3.05, 3.63) is 52.2 Å². The summed E-state index contributed by atoms with van der Waals surface area (Å²) in [5, 5.41) is 12.1. The molecule has 0 aliphatic rings. The van der Waals surface area contributed by atoms with Gasteiger partial charge in [-0.15, -0.1) is 11.3 Å². The second-order valence-electron chi connectivity index (χ2n) is 4.07. The highest BCUT2D eigenvalue weighted by molar-refractivity contribution is 7.12. The average Bonchev–Trinajstić information content (AvgIpc) is 2.92. The molecule has 2 rings (SSSR count). The SMILES string of the molecule is N#Cc1ccc(CNCCCOc2ccccc2)s1. The van der Waals surface area contributed by atoms with Crippen LogP contribution in [-0.4, -0.2) is 13.2 Å². The Labute approximate surface area is 117 Å². The summed E-state index contributed by atoms with van der Waals surface area (Å²) < 4.78 is 5.60. The molecule has 0 saturated carbocycles. The van der Waals surface area contributed by atoms with Crippen LogP contribution in [0.4, 0.5) is 0 Å². The Kier molecular flexibility index (Phi) is 5.42. The zero-order valence-electron chi connectivity index (χ0n) is 10.6. The first-order valence-electron chi connectivity index (χ1n) is 6.26. The molecular formula is C15H16N2OS. The molecule has 3 nitrogen and oxygen atoms in total. The van der Waals surface area contributed by atoms with E-state index in [0.29, 0.717) is 6.61 Å². The van der Waals surface area contributed by atoms with Crippen LogP contribution in [0.1, 0.15) is 16.2 Å². The molecule has 0 aliphatic carbocycles. The van der Waals surface area contributed by atoms with Crippen molar-refractivity contribution in [3.8, 4) is 11.8 Å². The van der Waals surface area contributed by atoms with E-state index < -0.39 is 0 Å². The number of hydrogen-bond donors (Lipinski definition) is 1. The van der Waals surface area contributed by atoms with Gasteiger partial charge in [-0.1, -0.05) is 18.2 Å². The molecule has 19 heavy (non-hydrogen) atoms. The molecular weight excluding hydrogens is 256 g/mol. The number of nitrogens with zero attached hydrogens (tertiary/aromatic N) is 1. The summed E-state index contributed by atoms with van der Waals surface area (Å²) in [6.45, 7) is 2.44. The van der Waals surface area contributed by atoms with Crippen molar-refractivity contribution in [2.75, 3.05) is 13.2 Å². The third-order valence-corrected chi connectivity index (χ3v) is 3.57. The monoisotopic (exact) mass is 272 g/mol. The van der Waals surface area contributed by atoms with Crippen molar-refractivity contribution in [2.24, 2.45) is 0 Å². The molecule has 0 unspecified atom stereocenters. The number of hydrogen-bond acceptors (Lipinski definition) is 4. The van der Waals surface area contributed by atoms with Gasteiger partial charge in [-0.3, -0.25) is 0 Å². The fourth-order valence-electron chi connectivity index (χ4n) is 1.65. The lowest BCUT2D eigenvalue weighted by Crippen LogP contribution is -2.16. The molecule has 1 aromatic carbocycles. The van der Waals surface area contributed by atoms with Crippen LogP contribution in [0, 0.1) is 11.3 Å². The minimum Gasteiger partial charge on any atom is -0.494 e. The van der Waals surface area contributed by atoms with Gasteiger partial charge in [0.25, 0.3) is 0 Å². The van der Waals surface area contributed by atoms with E-state index in [1.165, 1.54) is 16.2 Å². The fourth-order valence-corrected chi connectivity index (χ4v) is 2.42. The molecule has 0 spiro atoms. The number of benzene rings is 1. The molecule has 0 atom stereocenters. The van der Waals surface area contributed by atoms with E-state index in [-0.39, 0.29) is 0 Å². The summed E-state index contributed by atoms with van der Waals surface area (Å²) in [6, 6.07) is 15.8. The Morgan fingerprint density at radius 3 is 2.74 bits per heavy atom. The number of ether oxygens (including phenoxy) is 1. The molecule has 98 valence electrons. The lowest BCUT2D eigenvalue weighted by molar-refractivity contribution is 0.308. The first-order valence-corrected chi connectivity index (χ1v) is 7.07. The highest BCUT2D eigenvalue weighted by Crippen LogP contribution is 2.14. The van der Waals surface area contributed by atoms with Gasteiger partial charge in [0.1, 0.15) is 16.7 Å². The van der Waals surface area contributed by atoms with E-state index in [1.54, 1.807) is 0 Å². The highest BCUT2D eigenvalue weighted by Gasteiger charge is 1.98. The molecule has 0 amide bonds. The lowest BCUT2D eigenvalue weighted by Gasteiger charge is -2.06. The second kappa shape index (κ2) is 7.57. The third-order valence-electron chi connectivity index (χ3n) is 2.58. The van der Waals surface area contributed by atoms with Crippen molar-refractivity contribution >= 4 is 11.3 Å². The zero-order chi connectivity index (χ0) is 13.3. The van der Waals surface area contributed by atoms with Crippen LogP contribution in [0.15, 0.2) is 42.5 Å². The fraction of sp³-hybridized carbons (Fsp3) is 0.267. The predicted octanol–water partition coefficient (Wildman–Crippen LogP) is 3.18. The quantitative estimate of drug-likeness (QED) is 0.787. The standard InChI is InChI=1S/C15H16N2OS/c16-11-14-7-8-15(19-14)12-17-9-4-10-18-13-5-2-1-3-6-13/h1-3,5-8,17H,4,9-10,12H2. The molecule has 1 N–H and O–H groups in total. The predicted molar refractivity (Wildman–Crippen MR) is 77.3 cm³/mol. The van der Waals surface area contributed by atoms with Gasteiger partial charge in [-0.2, -0.15) is 5.26 Å². The topological polar surface area (TPSA) is 45.0 Å². The average molecular weight is 272 g/mol. The van der Waals surface area contributed by atoms with Gasteiger partial charge in [-0.25, -0.2) is 0 Å². The molecule has 0 fully saturated rings. The Balaban J connectivity index is 1.56. The summed E-state index contributed by atoms with van der Waals surface area (Å²) in [5.41, 5.74) is 0. The molecule has 0 bridgehead atoms. The molecule has 4 heteroatoms. The van der Waals surface area contributed by atoms with Crippen LogP contribution in [0.25, 0.3) is 0 Å². The molecule has 0 aliphatic heterocycles. The van der Waals surface area contributed by atoms with Gasteiger partial charge < -0.3 is 10.1 Å². The van der Waals surface area contributed by atoms with Gasteiger partial charge in [-0.05, 0) is 37.2 Å². The molecule has 0 radical (unpaired) electrons. The van der Waals surface area contributed by atoms with Crippen molar-refractivity contribution in [1.82, 2.24) is 5.32 Å². The minimum absolute atomic E-state index is 0.713. The summed E-state index contributed by atoms with van der Waals surface area (Å²) in [5.74, 6) is 0.916. The zero-order valence-corrected chi connectivity index (χ0v) is 11.5. The normalized spacial score (nSPS) is 10.1. The molecule has 1 aromatic heterocycles. The van der Waals surface area contributed by atoms with E-state index in [0.717, 1.165) is 30.1 Å². The summed E-state index contributed by atoms with van der Waals surface area (Å²) in [7, 11) is 0. The first kappa shape index (κ1) is 13.6. The number of thiophene rings is 1. The maximum atomic E-state index is 8.72. The van der Waals surface area contributed by atoms with E-state index in [4.69, 9.17) is 10.00 Å². The molecule has 2 aromatic rings. The van der Waals surface area contributed by atoms with Crippen LogP contribution in [0.3, 0.4) is 0 Å². The summed E-state index contributed by atoms with van der Waals surface area (Å²) >= 11 is 1.54. The molecule has 1 heterocycles.